The third kappa shape index (κ3) is 3.08. The van der Waals surface area contributed by atoms with E-state index < -0.39 is 0 Å². The van der Waals surface area contributed by atoms with Crippen molar-refractivity contribution in [3.05, 3.63) is 70.4 Å². The molecule has 0 amide bonds. The number of nitrogens with one attached hydrogen (secondary N) is 1. The molecule has 26 heavy (non-hydrogen) atoms. The van der Waals surface area contributed by atoms with E-state index in [-0.39, 0.29) is 0 Å². The molecule has 4 heteroatoms. The van der Waals surface area contributed by atoms with Gasteiger partial charge in [0.05, 0.1) is 5.39 Å². The lowest BCUT2D eigenvalue weighted by molar-refractivity contribution is 1.23. The SMILES string of the molecule is Cc1cc(C)cc(Nc2ncnc3scc(-c4ccc(C)c(C)c4)c23)c1. The van der Waals surface area contributed by atoms with Gasteiger partial charge < -0.3 is 5.32 Å². The van der Waals surface area contributed by atoms with Crippen LogP contribution in [0.25, 0.3) is 21.3 Å². The van der Waals surface area contributed by atoms with Gasteiger partial charge in [0, 0.05) is 16.6 Å². The molecule has 0 fully saturated rings. The number of hydrogen-bond acceptors (Lipinski definition) is 4. The van der Waals surface area contributed by atoms with Crippen molar-refractivity contribution in [3.63, 3.8) is 0 Å². The predicted octanol–water partition coefficient (Wildman–Crippen LogP) is 6.34. The molecule has 0 spiro atoms. The van der Waals surface area contributed by atoms with Gasteiger partial charge in [-0.05, 0) is 67.6 Å². The van der Waals surface area contributed by atoms with Crippen LogP contribution in [-0.2, 0) is 0 Å². The van der Waals surface area contributed by atoms with Crippen molar-refractivity contribution in [3.8, 4) is 11.1 Å². The number of anilines is 2. The van der Waals surface area contributed by atoms with Crippen LogP contribution in [0.2, 0.25) is 0 Å². The number of rotatable bonds is 3. The number of hydrogen-bond donors (Lipinski definition) is 1. The maximum Gasteiger partial charge on any atom is 0.143 e. The predicted molar refractivity (Wildman–Crippen MR) is 112 cm³/mol. The molecule has 0 aliphatic carbocycles. The highest BCUT2D eigenvalue weighted by Gasteiger charge is 2.14. The maximum atomic E-state index is 4.54. The maximum absolute atomic E-state index is 4.54. The average Bonchev–Trinajstić information content (AvgIpc) is 3.02. The minimum absolute atomic E-state index is 0.856. The number of benzene rings is 2. The zero-order valence-electron chi connectivity index (χ0n) is 15.4. The summed E-state index contributed by atoms with van der Waals surface area (Å²) in [5, 5.41) is 6.77. The monoisotopic (exact) mass is 359 g/mol. The van der Waals surface area contributed by atoms with Crippen LogP contribution in [-0.4, -0.2) is 9.97 Å². The third-order valence-electron chi connectivity index (χ3n) is 4.67. The van der Waals surface area contributed by atoms with E-state index in [0.717, 1.165) is 21.7 Å². The molecule has 3 nitrogen and oxygen atoms in total. The summed E-state index contributed by atoms with van der Waals surface area (Å²) in [7, 11) is 0. The van der Waals surface area contributed by atoms with Gasteiger partial charge in [-0.15, -0.1) is 11.3 Å². The van der Waals surface area contributed by atoms with Gasteiger partial charge in [-0.25, -0.2) is 9.97 Å². The van der Waals surface area contributed by atoms with Crippen molar-refractivity contribution in [1.82, 2.24) is 9.97 Å². The van der Waals surface area contributed by atoms with E-state index in [4.69, 9.17) is 0 Å². The first-order valence-electron chi connectivity index (χ1n) is 8.66. The van der Waals surface area contributed by atoms with Gasteiger partial charge in [0.15, 0.2) is 0 Å². The van der Waals surface area contributed by atoms with E-state index in [1.165, 1.54) is 33.4 Å². The zero-order valence-corrected chi connectivity index (χ0v) is 16.2. The fraction of sp³-hybridized carbons (Fsp3) is 0.182. The molecule has 1 N–H and O–H groups in total. The van der Waals surface area contributed by atoms with Gasteiger partial charge in [0.1, 0.15) is 17.0 Å². The minimum Gasteiger partial charge on any atom is -0.340 e. The number of nitrogens with zero attached hydrogens (tertiary/aromatic N) is 2. The van der Waals surface area contributed by atoms with Gasteiger partial charge in [-0.1, -0.05) is 24.3 Å². The molecule has 0 saturated heterocycles. The first kappa shape index (κ1) is 16.7. The van der Waals surface area contributed by atoms with Crippen LogP contribution in [0.5, 0.6) is 0 Å². The Balaban J connectivity index is 1.85. The van der Waals surface area contributed by atoms with E-state index in [2.05, 4.69) is 84.8 Å². The molecule has 4 aromatic rings. The van der Waals surface area contributed by atoms with Crippen LogP contribution in [0.1, 0.15) is 22.3 Å². The fourth-order valence-corrected chi connectivity index (χ4v) is 4.19. The lowest BCUT2D eigenvalue weighted by Crippen LogP contribution is -1.96. The molecule has 2 aromatic carbocycles. The fourth-order valence-electron chi connectivity index (χ4n) is 3.27. The first-order chi connectivity index (χ1) is 12.5. The summed E-state index contributed by atoms with van der Waals surface area (Å²) in [5.41, 5.74) is 8.51. The molecule has 2 heterocycles. The Bertz CT molecular complexity index is 1090. The normalized spacial score (nSPS) is 11.1. The number of thiophene rings is 1. The molecule has 0 aliphatic rings. The van der Waals surface area contributed by atoms with E-state index in [1.54, 1.807) is 17.7 Å². The Morgan fingerprint density at radius 1 is 0.846 bits per heavy atom. The molecule has 0 unspecified atom stereocenters. The van der Waals surface area contributed by atoms with Crippen LogP contribution >= 0.6 is 11.3 Å². The molecule has 130 valence electrons. The molecule has 2 aromatic heterocycles. The second-order valence-electron chi connectivity index (χ2n) is 6.85. The van der Waals surface area contributed by atoms with Crippen molar-refractivity contribution in [2.75, 3.05) is 5.32 Å². The Labute approximate surface area is 157 Å². The summed E-state index contributed by atoms with van der Waals surface area (Å²) in [5.74, 6) is 0.856. The van der Waals surface area contributed by atoms with Crippen molar-refractivity contribution in [2.24, 2.45) is 0 Å². The standard InChI is InChI=1S/C22H21N3S/c1-13-7-14(2)9-18(8-13)25-21-20-19(11-26-22(20)24-12-23-21)17-6-5-15(3)16(4)10-17/h5-12H,1-4H3,(H,23,24,25). The van der Waals surface area contributed by atoms with Gasteiger partial charge in [0.2, 0.25) is 0 Å². The van der Waals surface area contributed by atoms with Crippen molar-refractivity contribution in [1.29, 1.82) is 0 Å². The van der Waals surface area contributed by atoms with Crippen LogP contribution < -0.4 is 5.32 Å². The lowest BCUT2D eigenvalue weighted by atomic mass is 10.0. The smallest absolute Gasteiger partial charge is 0.143 e. The molecule has 0 saturated carbocycles. The molecule has 0 aliphatic heterocycles. The van der Waals surface area contributed by atoms with Gasteiger partial charge in [-0.3, -0.25) is 0 Å². The highest BCUT2D eigenvalue weighted by molar-refractivity contribution is 7.17. The highest BCUT2D eigenvalue weighted by atomic mass is 32.1. The number of aromatic nitrogens is 2. The van der Waals surface area contributed by atoms with Crippen molar-refractivity contribution < 1.29 is 0 Å². The minimum atomic E-state index is 0.856. The van der Waals surface area contributed by atoms with Gasteiger partial charge in [-0.2, -0.15) is 0 Å². The summed E-state index contributed by atoms with van der Waals surface area (Å²) >= 11 is 1.66. The largest absolute Gasteiger partial charge is 0.340 e. The lowest BCUT2D eigenvalue weighted by Gasteiger charge is -2.11. The summed E-state index contributed by atoms with van der Waals surface area (Å²) in [6, 6.07) is 13.1. The Morgan fingerprint density at radius 3 is 2.35 bits per heavy atom. The van der Waals surface area contributed by atoms with Crippen LogP contribution in [0, 0.1) is 27.7 Å². The number of aryl methyl sites for hydroxylation is 4. The topological polar surface area (TPSA) is 37.8 Å². The summed E-state index contributed by atoms with van der Waals surface area (Å²) < 4.78 is 0. The summed E-state index contributed by atoms with van der Waals surface area (Å²) in [6.07, 6.45) is 1.63. The second kappa shape index (κ2) is 6.54. The Kier molecular flexibility index (Phi) is 4.21. The quantitative estimate of drug-likeness (QED) is 0.464. The van der Waals surface area contributed by atoms with E-state index in [1.807, 2.05) is 0 Å². The van der Waals surface area contributed by atoms with Crippen LogP contribution in [0.3, 0.4) is 0 Å². The van der Waals surface area contributed by atoms with Crippen LogP contribution in [0.4, 0.5) is 11.5 Å². The van der Waals surface area contributed by atoms with E-state index in [9.17, 15) is 0 Å². The average molecular weight is 359 g/mol. The Morgan fingerprint density at radius 2 is 1.62 bits per heavy atom. The Hall–Kier alpha value is -2.72. The third-order valence-corrected chi connectivity index (χ3v) is 5.56. The number of fused-ring (bicyclic) bond motifs is 1. The van der Waals surface area contributed by atoms with Crippen molar-refractivity contribution in [2.45, 2.75) is 27.7 Å². The molecule has 0 radical (unpaired) electrons. The molecular weight excluding hydrogens is 338 g/mol. The summed E-state index contributed by atoms with van der Waals surface area (Å²) in [6.45, 7) is 8.51. The van der Waals surface area contributed by atoms with Gasteiger partial charge in [0.25, 0.3) is 0 Å². The van der Waals surface area contributed by atoms with Gasteiger partial charge >= 0.3 is 0 Å². The van der Waals surface area contributed by atoms with Crippen LogP contribution in [0.15, 0.2) is 48.1 Å². The summed E-state index contributed by atoms with van der Waals surface area (Å²) in [4.78, 5) is 10.0. The first-order valence-corrected chi connectivity index (χ1v) is 9.54. The molecular formula is C22H21N3S. The zero-order chi connectivity index (χ0) is 18.3. The van der Waals surface area contributed by atoms with E-state index >= 15 is 0 Å². The second-order valence-corrected chi connectivity index (χ2v) is 7.71. The van der Waals surface area contributed by atoms with Crippen molar-refractivity contribution >= 4 is 33.1 Å². The highest BCUT2D eigenvalue weighted by Crippen LogP contribution is 2.38. The molecule has 0 atom stereocenters. The molecule has 0 bridgehead atoms. The molecule has 4 rings (SSSR count). The van der Waals surface area contributed by atoms with E-state index in [0.29, 0.717) is 0 Å².